The molecule has 0 bridgehead atoms. The highest BCUT2D eigenvalue weighted by molar-refractivity contribution is 5.98. The Bertz CT molecular complexity index is 902. The lowest BCUT2D eigenvalue weighted by atomic mass is 9.93. The van der Waals surface area contributed by atoms with Crippen molar-refractivity contribution in [3.63, 3.8) is 0 Å². The van der Waals surface area contributed by atoms with E-state index in [9.17, 15) is 14.8 Å². The fraction of sp³-hybridized carbons (Fsp3) is 0.444. The molecule has 2 unspecified atom stereocenters. The molecule has 0 aliphatic heterocycles. The van der Waals surface area contributed by atoms with Gasteiger partial charge in [-0.25, -0.2) is 9.59 Å². The van der Waals surface area contributed by atoms with Crippen LogP contribution in [0.3, 0.4) is 0 Å². The molecule has 0 spiro atoms. The molecular weight excluding hydrogens is 446 g/mol. The summed E-state index contributed by atoms with van der Waals surface area (Å²) in [4.78, 5) is 25.4. The molecule has 3 N–H and O–H groups in total. The van der Waals surface area contributed by atoms with Crippen LogP contribution in [0.1, 0.15) is 52.7 Å². The van der Waals surface area contributed by atoms with Gasteiger partial charge in [-0.3, -0.25) is 0 Å². The number of alkyl carbamates (subject to hydrolysis) is 2. The van der Waals surface area contributed by atoms with Crippen molar-refractivity contribution in [2.24, 2.45) is 5.16 Å². The van der Waals surface area contributed by atoms with Crippen LogP contribution in [0, 0.1) is 0 Å². The van der Waals surface area contributed by atoms with Crippen LogP contribution in [0.25, 0.3) is 0 Å². The Balaban J connectivity index is 2.39. The van der Waals surface area contributed by atoms with Crippen molar-refractivity contribution >= 4 is 17.9 Å². The van der Waals surface area contributed by atoms with Crippen LogP contribution in [0.5, 0.6) is 0 Å². The lowest BCUT2D eigenvalue weighted by Crippen LogP contribution is -2.54. The molecule has 2 amide bonds. The first kappa shape index (κ1) is 27.7. The fourth-order valence-corrected chi connectivity index (χ4v) is 3.44. The van der Waals surface area contributed by atoms with Gasteiger partial charge in [0.25, 0.3) is 0 Å². The summed E-state index contributed by atoms with van der Waals surface area (Å²) < 4.78 is 10.9. The first-order valence-electron chi connectivity index (χ1n) is 11.6. The zero-order valence-corrected chi connectivity index (χ0v) is 21.4. The topological polar surface area (TPSA) is 109 Å². The molecule has 0 radical (unpaired) electrons. The summed E-state index contributed by atoms with van der Waals surface area (Å²) in [7, 11) is 0. The van der Waals surface area contributed by atoms with E-state index < -0.39 is 35.5 Å². The van der Waals surface area contributed by atoms with E-state index in [1.165, 1.54) is 0 Å². The molecule has 0 saturated heterocycles. The summed E-state index contributed by atoms with van der Waals surface area (Å²) in [5.74, 6) is 0. The van der Waals surface area contributed by atoms with Gasteiger partial charge >= 0.3 is 12.2 Å². The van der Waals surface area contributed by atoms with Crippen molar-refractivity contribution in [2.45, 2.75) is 77.7 Å². The number of carbonyl (C=O) groups is 2. The first-order valence-corrected chi connectivity index (χ1v) is 11.6. The van der Waals surface area contributed by atoms with E-state index in [0.29, 0.717) is 12.8 Å². The highest BCUT2D eigenvalue weighted by Gasteiger charge is 2.31. The van der Waals surface area contributed by atoms with Gasteiger partial charge in [-0.15, -0.1) is 0 Å². The van der Waals surface area contributed by atoms with E-state index in [-0.39, 0.29) is 5.71 Å². The van der Waals surface area contributed by atoms with Gasteiger partial charge in [0.1, 0.15) is 16.9 Å². The normalized spacial score (nSPS) is 13.2. The number of carbonyl (C=O) groups excluding carboxylic acids is 2. The average molecular weight is 484 g/mol. The Morgan fingerprint density at radius 2 is 1.09 bits per heavy atom. The van der Waals surface area contributed by atoms with Crippen LogP contribution < -0.4 is 10.6 Å². The molecule has 0 aliphatic rings. The van der Waals surface area contributed by atoms with Crippen LogP contribution in [0.2, 0.25) is 0 Å². The predicted octanol–water partition coefficient (Wildman–Crippen LogP) is 5.09. The van der Waals surface area contributed by atoms with Gasteiger partial charge in [0.05, 0.1) is 12.1 Å². The molecule has 2 rings (SSSR count). The van der Waals surface area contributed by atoms with Crippen LogP contribution >= 0.6 is 0 Å². The number of rotatable bonds is 8. The minimum Gasteiger partial charge on any atom is -0.444 e. The summed E-state index contributed by atoms with van der Waals surface area (Å²) in [6.45, 7) is 10.6. The van der Waals surface area contributed by atoms with Gasteiger partial charge in [0, 0.05) is 0 Å². The molecule has 0 heterocycles. The highest BCUT2D eigenvalue weighted by atomic mass is 16.6. The van der Waals surface area contributed by atoms with Crippen molar-refractivity contribution in [1.82, 2.24) is 10.6 Å². The third-order valence-corrected chi connectivity index (χ3v) is 4.78. The molecule has 0 saturated carbocycles. The SMILES string of the molecule is CC(C)(C)OC(=O)NC(Cc1ccccc1)C(=NO)C(Cc1ccccc1)NC(=O)OC(C)(C)C. The maximum atomic E-state index is 12.7. The van der Waals surface area contributed by atoms with E-state index in [1.54, 1.807) is 41.5 Å². The van der Waals surface area contributed by atoms with Crippen molar-refractivity contribution < 1.29 is 24.3 Å². The Morgan fingerprint density at radius 1 is 0.743 bits per heavy atom. The van der Waals surface area contributed by atoms with Crippen molar-refractivity contribution in [3.8, 4) is 0 Å². The Morgan fingerprint density at radius 3 is 1.37 bits per heavy atom. The Kier molecular flexibility index (Phi) is 9.68. The summed E-state index contributed by atoms with van der Waals surface area (Å²) in [5.41, 5.74) is 0.567. The number of hydrogen-bond acceptors (Lipinski definition) is 6. The molecule has 2 aromatic carbocycles. The summed E-state index contributed by atoms with van der Waals surface area (Å²) >= 11 is 0. The lowest BCUT2D eigenvalue weighted by molar-refractivity contribution is 0.0516. The highest BCUT2D eigenvalue weighted by Crippen LogP contribution is 2.14. The van der Waals surface area contributed by atoms with Crippen LogP contribution in [-0.2, 0) is 22.3 Å². The van der Waals surface area contributed by atoms with Gasteiger partial charge in [0.15, 0.2) is 0 Å². The number of nitrogens with zero attached hydrogens (tertiary/aromatic N) is 1. The molecule has 8 nitrogen and oxygen atoms in total. The summed E-state index contributed by atoms with van der Waals surface area (Å²) in [6, 6.07) is 17.4. The van der Waals surface area contributed by atoms with Crippen LogP contribution in [-0.4, -0.2) is 46.4 Å². The molecule has 0 aliphatic carbocycles. The second kappa shape index (κ2) is 12.2. The van der Waals surface area contributed by atoms with Crippen molar-refractivity contribution in [1.29, 1.82) is 0 Å². The average Bonchev–Trinajstić information content (AvgIpc) is 2.73. The zero-order valence-electron chi connectivity index (χ0n) is 21.4. The predicted molar refractivity (Wildman–Crippen MR) is 136 cm³/mol. The molecule has 2 aromatic rings. The van der Waals surface area contributed by atoms with Gasteiger partial charge in [0.2, 0.25) is 0 Å². The zero-order chi connectivity index (χ0) is 26.1. The smallest absolute Gasteiger partial charge is 0.408 e. The monoisotopic (exact) mass is 483 g/mol. The Hall–Kier alpha value is -3.55. The minimum absolute atomic E-state index is 0.175. The van der Waals surface area contributed by atoms with Gasteiger partial charge < -0.3 is 25.3 Å². The van der Waals surface area contributed by atoms with E-state index >= 15 is 0 Å². The molecule has 190 valence electrons. The van der Waals surface area contributed by atoms with E-state index in [2.05, 4.69) is 15.8 Å². The van der Waals surface area contributed by atoms with Crippen LogP contribution in [0.15, 0.2) is 65.8 Å². The molecule has 0 fully saturated rings. The molecule has 8 heteroatoms. The maximum Gasteiger partial charge on any atom is 0.408 e. The fourth-order valence-electron chi connectivity index (χ4n) is 3.44. The summed E-state index contributed by atoms with van der Waals surface area (Å²) in [5, 5.41) is 19.3. The van der Waals surface area contributed by atoms with E-state index in [4.69, 9.17) is 9.47 Å². The van der Waals surface area contributed by atoms with E-state index in [1.807, 2.05) is 60.7 Å². The summed E-state index contributed by atoms with van der Waals surface area (Å²) in [6.07, 6.45) is -0.674. The number of hydrogen-bond donors (Lipinski definition) is 3. The second-order valence-corrected chi connectivity index (χ2v) is 10.3. The molecule has 35 heavy (non-hydrogen) atoms. The van der Waals surface area contributed by atoms with Crippen molar-refractivity contribution in [3.05, 3.63) is 71.8 Å². The molecular formula is C27H37N3O5. The van der Waals surface area contributed by atoms with E-state index in [0.717, 1.165) is 11.1 Å². The number of ether oxygens (including phenoxy) is 2. The standard InChI is InChI=1S/C27H37N3O5/c1-26(2,3)34-24(31)28-21(17-19-13-9-7-10-14-19)23(30-33)22(18-20-15-11-8-12-16-20)29-25(32)35-27(4,5)6/h7-16,21-22,33H,17-18H2,1-6H3,(H,28,31)(H,29,32). The number of benzene rings is 2. The number of oxime groups is 1. The van der Waals surface area contributed by atoms with Gasteiger partial charge in [-0.1, -0.05) is 65.8 Å². The molecule has 2 atom stereocenters. The number of amides is 2. The third kappa shape index (κ3) is 10.5. The minimum atomic E-state index is -0.763. The van der Waals surface area contributed by atoms with Crippen LogP contribution in [0.4, 0.5) is 9.59 Å². The first-order chi connectivity index (χ1) is 16.4. The second-order valence-electron chi connectivity index (χ2n) is 10.3. The largest absolute Gasteiger partial charge is 0.444 e. The maximum absolute atomic E-state index is 12.7. The third-order valence-electron chi connectivity index (χ3n) is 4.78. The Labute approximate surface area is 207 Å². The lowest BCUT2D eigenvalue weighted by Gasteiger charge is -2.29. The number of nitrogens with one attached hydrogen (secondary N) is 2. The quantitative estimate of drug-likeness (QED) is 0.275. The van der Waals surface area contributed by atoms with Gasteiger partial charge in [-0.2, -0.15) is 0 Å². The van der Waals surface area contributed by atoms with Gasteiger partial charge in [-0.05, 0) is 65.5 Å². The molecule has 0 aromatic heterocycles. The van der Waals surface area contributed by atoms with Crippen molar-refractivity contribution in [2.75, 3.05) is 0 Å².